The van der Waals surface area contributed by atoms with Crippen molar-refractivity contribution >= 4 is 22.8 Å². The number of ketones is 1. The molecule has 0 spiro atoms. The van der Waals surface area contributed by atoms with Gasteiger partial charge in [0.25, 0.3) is 0 Å². The lowest BCUT2D eigenvalue weighted by Crippen LogP contribution is -1.94. The number of carbonyl (C=O) groups excluding carboxylic acids is 1. The number of nitrogens with one attached hydrogen (secondary N) is 1. The Bertz CT molecular complexity index is 814. The summed E-state index contributed by atoms with van der Waals surface area (Å²) in [7, 11) is 1.85. The van der Waals surface area contributed by atoms with Crippen molar-refractivity contribution in [3.63, 3.8) is 0 Å². The van der Waals surface area contributed by atoms with Gasteiger partial charge in [0.15, 0.2) is 5.78 Å². The second-order valence-electron chi connectivity index (χ2n) is 4.49. The molecule has 0 amide bonds. The molecular weight excluding hydrogens is 257 g/mol. The molecule has 100 valence electrons. The Balaban J connectivity index is 1.93. The molecule has 0 aliphatic rings. The number of halogens is 1. The van der Waals surface area contributed by atoms with E-state index in [0.29, 0.717) is 22.3 Å². The van der Waals surface area contributed by atoms with Gasteiger partial charge in [0.05, 0.1) is 0 Å². The van der Waals surface area contributed by atoms with Crippen LogP contribution in [0.2, 0.25) is 0 Å². The largest absolute Gasteiger partial charge is 0.360 e. The average Bonchev–Trinajstić information content (AvgIpc) is 3.02. The number of fused-ring (bicyclic) bond motifs is 1. The summed E-state index contributed by atoms with van der Waals surface area (Å²) in [4.78, 5) is 19.2. The molecule has 0 radical (unpaired) electrons. The summed E-state index contributed by atoms with van der Waals surface area (Å²) < 4.78 is 14.9. The molecule has 1 N–H and O–H groups in total. The average molecular weight is 269 g/mol. The first-order valence-corrected chi connectivity index (χ1v) is 6.11. The standard InChI is InChI=1S/C15H12FN3O/c1-19-7-6-17-15(19)5-4-14(20)12-9-18-13-8-10(16)2-3-11(12)13/h2-9,18H,1H3/b5-4-. The van der Waals surface area contributed by atoms with Gasteiger partial charge in [-0.25, -0.2) is 9.37 Å². The molecule has 3 aromatic rings. The van der Waals surface area contributed by atoms with Crippen molar-refractivity contribution < 1.29 is 9.18 Å². The first-order chi connectivity index (χ1) is 9.65. The molecule has 0 bridgehead atoms. The minimum absolute atomic E-state index is 0.147. The summed E-state index contributed by atoms with van der Waals surface area (Å²) >= 11 is 0. The molecule has 1 aromatic carbocycles. The Morgan fingerprint density at radius 3 is 3.05 bits per heavy atom. The monoisotopic (exact) mass is 269 g/mol. The lowest BCUT2D eigenvalue weighted by Gasteiger charge is -1.95. The second kappa shape index (κ2) is 4.77. The highest BCUT2D eigenvalue weighted by atomic mass is 19.1. The highest BCUT2D eigenvalue weighted by Gasteiger charge is 2.10. The first kappa shape index (κ1) is 12.3. The summed E-state index contributed by atoms with van der Waals surface area (Å²) in [6.45, 7) is 0. The van der Waals surface area contributed by atoms with Crippen LogP contribution in [0.25, 0.3) is 17.0 Å². The number of H-pyrrole nitrogens is 1. The van der Waals surface area contributed by atoms with Crippen molar-refractivity contribution in [3.05, 3.63) is 60.1 Å². The number of aromatic amines is 1. The number of nitrogens with zero attached hydrogens (tertiary/aromatic N) is 2. The van der Waals surface area contributed by atoms with Crippen LogP contribution in [0.15, 0.2) is 42.9 Å². The van der Waals surface area contributed by atoms with E-state index < -0.39 is 0 Å². The Morgan fingerprint density at radius 2 is 2.30 bits per heavy atom. The van der Waals surface area contributed by atoms with E-state index >= 15 is 0 Å². The number of aromatic nitrogens is 3. The van der Waals surface area contributed by atoms with E-state index in [1.807, 2.05) is 11.6 Å². The van der Waals surface area contributed by atoms with E-state index in [9.17, 15) is 9.18 Å². The Kier molecular flexibility index (Phi) is 2.95. The number of hydrogen-bond acceptors (Lipinski definition) is 2. The van der Waals surface area contributed by atoms with Gasteiger partial charge in [0.1, 0.15) is 11.6 Å². The van der Waals surface area contributed by atoms with Crippen molar-refractivity contribution in [2.45, 2.75) is 0 Å². The quantitative estimate of drug-likeness (QED) is 0.587. The van der Waals surface area contributed by atoms with Crippen LogP contribution in [0, 0.1) is 5.82 Å². The van der Waals surface area contributed by atoms with Crippen molar-refractivity contribution in [1.29, 1.82) is 0 Å². The second-order valence-corrected chi connectivity index (χ2v) is 4.49. The van der Waals surface area contributed by atoms with Gasteiger partial charge in [0, 0.05) is 42.1 Å². The number of aryl methyl sites for hydroxylation is 1. The zero-order chi connectivity index (χ0) is 14.1. The Hall–Kier alpha value is -2.69. The number of allylic oxidation sites excluding steroid dienone is 1. The number of rotatable bonds is 3. The Labute approximate surface area is 114 Å². The molecule has 0 atom stereocenters. The third-order valence-corrected chi connectivity index (χ3v) is 3.15. The van der Waals surface area contributed by atoms with Gasteiger partial charge < -0.3 is 9.55 Å². The number of imidazole rings is 1. The number of benzene rings is 1. The van der Waals surface area contributed by atoms with Gasteiger partial charge in [-0.15, -0.1) is 0 Å². The van der Waals surface area contributed by atoms with Crippen LogP contribution in [0.3, 0.4) is 0 Å². The number of hydrogen-bond donors (Lipinski definition) is 1. The number of carbonyl (C=O) groups is 1. The molecule has 3 rings (SSSR count). The topological polar surface area (TPSA) is 50.7 Å². The van der Waals surface area contributed by atoms with Crippen LogP contribution >= 0.6 is 0 Å². The van der Waals surface area contributed by atoms with Gasteiger partial charge >= 0.3 is 0 Å². The molecular formula is C15H12FN3O. The molecule has 0 saturated heterocycles. The SMILES string of the molecule is Cn1ccnc1/C=C\C(=O)c1c[nH]c2cc(F)ccc12. The minimum Gasteiger partial charge on any atom is -0.360 e. The molecule has 5 heteroatoms. The van der Waals surface area contributed by atoms with Crippen LogP contribution in [-0.4, -0.2) is 20.3 Å². The fourth-order valence-corrected chi connectivity index (χ4v) is 2.08. The fraction of sp³-hybridized carbons (Fsp3) is 0.0667. The summed E-state index contributed by atoms with van der Waals surface area (Å²) in [5, 5.41) is 0.709. The highest BCUT2D eigenvalue weighted by Crippen LogP contribution is 2.20. The third kappa shape index (κ3) is 2.14. The first-order valence-electron chi connectivity index (χ1n) is 6.11. The molecule has 20 heavy (non-hydrogen) atoms. The van der Waals surface area contributed by atoms with E-state index in [2.05, 4.69) is 9.97 Å². The molecule has 0 unspecified atom stereocenters. The summed E-state index contributed by atoms with van der Waals surface area (Å²) in [5.41, 5.74) is 1.13. The minimum atomic E-state index is -0.332. The third-order valence-electron chi connectivity index (χ3n) is 3.15. The zero-order valence-corrected chi connectivity index (χ0v) is 10.8. The van der Waals surface area contributed by atoms with Crippen molar-refractivity contribution in [2.75, 3.05) is 0 Å². The normalized spacial score (nSPS) is 11.5. The summed E-state index contributed by atoms with van der Waals surface area (Å²) in [5.74, 6) is 0.219. The molecule has 0 aliphatic heterocycles. The maximum Gasteiger partial charge on any atom is 0.188 e. The van der Waals surface area contributed by atoms with Gasteiger partial charge in [-0.3, -0.25) is 4.79 Å². The predicted molar refractivity (Wildman–Crippen MR) is 74.8 cm³/mol. The highest BCUT2D eigenvalue weighted by molar-refractivity contribution is 6.14. The van der Waals surface area contributed by atoms with E-state index in [-0.39, 0.29) is 11.6 Å². The molecule has 0 aliphatic carbocycles. The van der Waals surface area contributed by atoms with Crippen molar-refractivity contribution in [1.82, 2.24) is 14.5 Å². The zero-order valence-electron chi connectivity index (χ0n) is 10.8. The molecule has 4 nitrogen and oxygen atoms in total. The fourth-order valence-electron chi connectivity index (χ4n) is 2.08. The lowest BCUT2D eigenvalue weighted by molar-refractivity contribution is 0.104. The van der Waals surface area contributed by atoms with Crippen LogP contribution in [0.5, 0.6) is 0 Å². The van der Waals surface area contributed by atoms with Crippen molar-refractivity contribution in [3.8, 4) is 0 Å². The molecule has 2 heterocycles. The summed E-state index contributed by atoms with van der Waals surface area (Å²) in [6, 6.07) is 4.31. The van der Waals surface area contributed by atoms with Gasteiger partial charge in [-0.05, 0) is 30.4 Å². The lowest BCUT2D eigenvalue weighted by atomic mass is 10.1. The Morgan fingerprint density at radius 1 is 1.45 bits per heavy atom. The van der Waals surface area contributed by atoms with Crippen LogP contribution in [-0.2, 0) is 7.05 Å². The molecule has 0 saturated carbocycles. The van der Waals surface area contributed by atoms with Crippen LogP contribution in [0.4, 0.5) is 4.39 Å². The van der Waals surface area contributed by atoms with E-state index in [4.69, 9.17) is 0 Å². The predicted octanol–water partition coefficient (Wildman–Crippen LogP) is 2.94. The van der Waals surface area contributed by atoms with Crippen LogP contribution in [0.1, 0.15) is 16.2 Å². The van der Waals surface area contributed by atoms with E-state index in [0.717, 1.165) is 0 Å². The molecule has 0 fully saturated rings. The van der Waals surface area contributed by atoms with Gasteiger partial charge in [-0.1, -0.05) is 0 Å². The molecule has 2 aromatic heterocycles. The summed E-state index contributed by atoms with van der Waals surface area (Å²) in [6.07, 6.45) is 8.19. The van der Waals surface area contributed by atoms with E-state index in [1.54, 1.807) is 30.7 Å². The van der Waals surface area contributed by atoms with Crippen molar-refractivity contribution in [2.24, 2.45) is 7.05 Å². The van der Waals surface area contributed by atoms with Crippen LogP contribution < -0.4 is 0 Å². The van der Waals surface area contributed by atoms with Gasteiger partial charge in [-0.2, -0.15) is 0 Å². The smallest absolute Gasteiger partial charge is 0.188 e. The maximum absolute atomic E-state index is 13.1. The maximum atomic E-state index is 13.1. The van der Waals surface area contributed by atoms with E-state index in [1.165, 1.54) is 18.2 Å². The van der Waals surface area contributed by atoms with Gasteiger partial charge in [0.2, 0.25) is 0 Å².